The Morgan fingerprint density at radius 2 is 2.35 bits per heavy atom. The first-order valence-electron chi connectivity index (χ1n) is 5.44. The van der Waals surface area contributed by atoms with Crippen LogP contribution in [0.5, 0.6) is 5.88 Å². The van der Waals surface area contributed by atoms with Gasteiger partial charge in [0.1, 0.15) is 5.69 Å². The van der Waals surface area contributed by atoms with Gasteiger partial charge in [-0.05, 0) is 18.8 Å². The van der Waals surface area contributed by atoms with Crippen molar-refractivity contribution in [1.82, 2.24) is 4.98 Å². The van der Waals surface area contributed by atoms with Crippen molar-refractivity contribution in [3.8, 4) is 5.88 Å². The highest BCUT2D eigenvalue weighted by molar-refractivity contribution is 6.21. The second-order valence-corrected chi connectivity index (χ2v) is 4.69. The first kappa shape index (κ1) is 12.1. The number of methoxy groups -OCH3 is 1. The zero-order valence-electron chi connectivity index (χ0n) is 9.43. The molecule has 1 aliphatic carbocycles. The summed E-state index contributed by atoms with van der Waals surface area (Å²) in [6, 6.07) is 2.90. The first-order chi connectivity index (χ1) is 8.11. The smallest absolute Gasteiger partial charge is 0.291 e. The SMILES string of the molecule is COc1ccc([N+](=O)[O-])c(CC(Cl)C2CC2)n1. The van der Waals surface area contributed by atoms with E-state index in [1.54, 1.807) is 0 Å². The Balaban J connectivity index is 2.23. The highest BCUT2D eigenvalue weighted by Gasteiger charge is 2.32. The van der Waals surface area contributed by atoms with Gasteiger partial charge in [-0.25, -0.2) is 4.98 Å². The van der Waals surface area contributed by atoms with Gasteiger partial charge in [-0.1, -0.05) is 0 Å². The minimum Gasteiger partial charge on any atom is -0.481 e. The Kier molecular flexibility index (Phi) is 3.47. The van der Waals surface area contributed by atoms with E-state index in [-0.39, 0.29) is 11.1 Å². The lowest BCUT2D eigenvalue weighted by atomic mass is 10.1. The van der Waals surface area contributed by atoms with Crippen LogP contribution in [0.15, 0.2) is 12.1 Å². The molecule has 0 aliphatic heterocycles. The van der Waals surface area contributed by atoms with Crippen molar-refractivity contribution in [3.63, 3.8) is 0 Å². The van der Waals surface area contributed by atoms with Gasteiger partial charge in [-0.2, -0.15) is 0 Å². The van der Waals surface area contributed by atoms with Gasteiger partial charge in [0.2, 0.25) is 5.88 Å². The lowest BCUT2D eigenvalue weighted by Crippen LogP contribution is -2.10. The summed E-state index contributed by atoms with van der Waals surface area (Å²) in [7, 11) is 1.48. The molecule has 0 bridgehead atoms. The zero-order valence-corrected chi connectivity index (χ0v) is 10.2. The molecule has 0 saturated heterocycles. The molecule has 6 heteroatoms. The molecule has 1 fully saturated rings. The molecular weight excluding hydrogens is 244 g/mol. The lowest BCUT2D eigenvalue weighted by Gasteiger charge is -2.08. The quantitative estimate of drug-likeness (QED) is 0.461. The largest absolute Gasteiger partial charge is 0.481 e. The summed E-state index contributed by atoms with van der Waals surface area (Å²) in [4.78, 5) is 14.6. The molecule has 1 aromatic rings. The lowest BCUT2D eigenvalue weighted by molar-refractivity contribution is -0.386. The van der Waals surface area contributed by atoms with E-state index in [0.29, 0.717) is 23.9 Å². The summed E-state index contributed by atoms with van der Waals surface area (Å²) in [5.41, 5.74) is 0.415. The average molecular weight is 257 g/mol. The summed E-state index contributed by atoms with van der Waals surface area (Å²) in [6.07, 6.45) is 2.62. The van der Waals surface area contributed by atoms with E-state index in [4.69, 9.17) is 16.3 Å². The average Bonchev–Trinajstić information content (AvgIpc) is 3.12. The predicted octanol–water partition coefficient (Wildman–Crippen LogP) is 2.56. The van der Waals surface area contributed by atoms with Crippen molar-refractivity contribution < 1.29 is 9.66 Å². The second-order valence-electron chi connectivity index (χ2n) is 4.13. The number of halogens is 1. The Labute approximate surface area is 104 Å². The maximum atomic E-state index is 10.9. The molecule has 0 spiro atoms. The fourth-order valence-electron chi connectivity index (χ4n) is 1.71. The van der Waals surface area contributed by atoms with Crippen LogP contribution in [0, 0.1) is 16.0 Å². The van der Waals surface area contributed by atoms with Gasteiger partial charge >= 0.3 is 0 Å². The number of hydrogen-bond donors (Lipinski definition) is 0. The van der Waals surface area contributed by atoms with E-state index >= 15 is 0 Å². The van der Waals surface area contributed by atoms with E-state index in [0.717, 1.165) is 12.8 Å². The minimum atomic E-state index is -0.432. The number of pyridine rings is 1. The van der Waals surface area contributed by atoms with Gasteiger partial charge in [0.05, 0.1) is 12.0 Å². The fourth-order valence-corrected chi connectivity index (χ4v) is 2.11. The normalized spacial score (nSPS) is 16.6. The van der Waals surface area contributed by atoms with E-state index in [2.05, 4.69) is 4.98 Å². The summed E-state index contributed by atoms with van der Waals surface area (Å²) in [6.45, 7) is 0. The Morgan fingerprint density at radius 3 is 2.88 bits per heavy atom. The molecule has 1 atom stereocenters. The molecule has 0 radical (unpaired) electrons. The molecule has 1 aromatic heterocycles. The second kappa shape index (κ2) is 4.87. The van der Waals surface area contributed by atoms with Gasteiger partial charge in [-0.3, -0.25) is 10.1 Å². The van der Waals surface area contributed by atoms with Crippen molar-refractivity contribution in [2.24, 2.45) is 5.92 Å². The molecule has 0 N–H and O–H groups in total. The molecule has 0 amide bonds. The summed E-state index contributed by atoms with van der Waals surface area (Å²) in [5, 5.41) is 10.8. The van der Waals surface area contributed by atoms with Crippen LogP contribution in [0.2, 0.25) is 0 Å². The molecular formula is C11H13ClN2O3. The van der Waals surface area contributed by atoms with Crippen molar-refractivity contribution >= 4 is 17.3 Å². The number of alkyl halides is 1. The highest BCUT2D eigenvalue weighted by atomic mass is 35.5. The molecule has 1 unspecified atom stereocenters. The highest BCUT2D eigenvalue weighted by Crippen LogP contribution is 2.38. The van der Waals surface area contributed by atoms with Crippen LogP contribution in [-0.4, -0.2) is 22.4 Å². The molecule has 2 rings (SSSR count). The predicted molar refractivity (Wildman–Crippen MR) is 63.5 cm³/mol. The van der Waals surface area contributed by atoms with Gasteiger partial charge in [0.25, 0.3) is 5.69 Å². The third kappa shape index (κ3) is 2.85. The van der Waals surface area contributed by atoms with Crippen LogP contribution < -0.4 is 4.74 Å². The van der Waals surface area contributed by atoms with E-state index in [9.17, 15) is 10.1 Å². The van der Waals surface area contributed by atoms with E-state index in [1.807, 2.05) is 0 Å². The monoisotopic (exact) mass is 256 g/mol. The Hall–Kier alpha value is -1.36. The maximum absolute atomic E-state index is 10.9. The summed E-state index contributed by atoms with van der Waals surface area (Å²) >= 11 is 6.18. The third-order valence-electron chi connectivity index (χ3n) is 2.85. The Morgan fingerprint density at radius 1 is 1.65 bits per heavy atom. The minimum absolute atomic E-state index is 0.0112. The number of aromatic nitrogens is 1. The number of nitrogens with zero attached hydrogens (tertiary/aromatic N) is 2. The summed E-state index contributed by atoms with van der Waals surface area (Å²) in [5.74, 6) is 0.856. The van der Waals surface area contributed by atoms with Gasteiger partial charge in [0, 0.05) is 23.9 Å². The van der Waals surface area contributed by atoms with Crippen molar-refractivity contribution in [2.75, 3.05) is 7.11 Å². The molecule has 1 heterocycles. The van der Waals surface area contributed by atoms with Crippen LogP contribution in [0.3, 0.4) is 0 Å². The third-order valence-corrected chi connectivity index (χ3v) is 3.36. The standard InChI is InChI=1S/C11H13ClN2O3/c1-17-11-5-4-10(14(15)16)9(13-11)6-8(12)7-2-3-7/h4-5,7-8H,2-3,6H2,1H3. The zero-order chi connectivity index (χ0) is 12.4. The van der Waals surface area contributed by atoms with Crippen molar-refractivity contribution in [1.29, 1.82) is 0 Å². The van der Waals surface area contributed by atoms with E-state index < -0.39 is 4.92 Å². The van der Waals surface area contributed by atoms with E-state index in [1.165, 1.54) is 19.2 Å². The number of ether oxygens (including phenoxy) is 1. The van der Waals surface area contributed by atoms with Crippen LogP contribution in [0.4, 0.5) is 5.69 Å². The van der Waals surface area contributed by atoms with Crippen molar-refractivity contribution in [2.45, 2.75) is 24.6 Å². The van der Waals surface area contributed by atoms with Crippen LogP contribution in [0.1, 0.15) is 18.5 Å². The van der Waals surface area contributed by atoms with Crippen LogP contribution >= 0.6 is 11.6 Å². The number of nitro groups is 1. The fraction of sp³-hybridized carbons (Fsp3) is 0.545. The molecule has 1 saturated carbocycles. The van der Waals surface area contributed by atoms with Gasteiger partial charge in [0.15, 0.2) is 0 Å². The first-order valence-corrected chi connectivity index (χ1v) is 5.88. The number of hydrogen-bond acceptors (Lipinski definition) is 4. The molecule has 5 nitrogen and oxygen atoms in total. The molecule has 17 heavy (non-hydrogen) atoms. The Bertz CT molecular complexity index is 435. The number of rotatable bonds is 5. The van der Waals surface area contributed by atoms with Crippen molar-refractivity contribution in [3.05, 3.63) is 27.9 Å². The molecule has 0 aromatic carbocycles. The van der Waals surface area contributed by atoms with Gasteiger partial charge < -0.3 is 4.74 Å². The molecule has 92 valence electrons. The molecule has 1 aliphatic rings. The maximum Gasteiger partial charge on any atom is 0.291 e. The van der Waals surface area contributed by atoms with Crippen LogP contribution in [-0.2, 0) is 6.42 Å². The van der Waals surface area contributed by atoms with Gasteiger partial charge in [-0.15, -0.1) is 11.6 Å². The van der Waals surface area contributed by atoms with Crippen LogP contribution in [0.25, 0.3) is 0 Å². The summed E-state index contributed by atoms with van der Waals surface area (Å²) < 4.78 is 4.97. The topological polar surface area (TPSA) is 65.3 Å².